The second kappa shape index (κ2) is 13.2. The maximum Gasteiger partial charge on any atom is 0.291 e. The zero-order chi connectivity index (χ0) is 31.4. The standard InChI is InChI=1S/C30H28N6O6S2/c31-23(37)17-33(21-7-3-1-4-8-21)27-25(39)35(29(41)43-27)15-19-11-13-20(14-12-19)16-36-26(40)28(44-30(36)42)34(18-24(32)38)22-9-5-2-6-10-22/h1-14,27-28H,15-18H2,(H2,31,37)(H2,32,38). The number of imide groups is 2. The van der Waals surface area contributed by atoms with Crippen LogP contribution in [0.4, 0.5) is 21.0 Å². The van der Waals surface area contributed by atoms with Gasteiger partial charge in [-0.15, -0.1) is 0 Å². The van der Waals surface area contributed by atoms with Crippen LogP contribution in [0.5, 0.6) is 0 Å². The Balaban J connectivity index is 1.25. The number of amides is 6. The molecule has 5 rings (SSSR count). The van der Waals surface area contributed by atoms with Gasteiger partial charge in [0.05, 0.1) is 26.2 Å². The molecule has 4 N–H and O–H groups in total. The predicted molar refractivity (Wildman–Crippen MR) is 167 cm³/mol. The van der Waals surface area contributed by atoms with Crippen molar-refractivity contribution in [3.8, 4) is 0 Å². The Hall–Kier alpha value is -4.82. The van der Waals surface area contributed by atoms with E-state index in [0.29, 0.717) is 22.5 Å². The van der Waals surface area contributed by atoms with Crippen LogP contribution < -0.4 is 21.3 Å². The van der Waals surface area contributed by atoms with Crippen molar-refractivity contribution in [1.82, 2.24) is 9.80 Å². The Morgan fingerprint density at radius 2 is 0.932 bits per heavy atom. The number of para-hydroxylation sites is 2. The summed E-state index contributed by atoms with van der Waals surface area (Å²) in [6.45, 7) is -0.470. The SMILES string of the molecule is NC(=O)CN(c1ccccc1)C1SC(=O)N(Cc2ccc(CN3C(=O)SC(N(CC(N)=O)c4ccccc4)C3=O)cc2)C1=O. The third-order valence-corrected chi connectivity index (χ3v) is 9.12. The molecule has 14 heteroatoms. The molecular formula is C30H28N6O6S2. The third-order valence-electron chi connectivity index (χ3n) is 6.92. The van der Waals surface area contributed by atoms with Crippen LogP contribution in [-0.2, 0) is 32.3 Å². The van der Waals surface area contributed by atoms with Crippen molar-refractivity contribution in [1.29, 1.82) is 0 Å². The molecule has 44 heavy (non-hydrogen) atoms. The van der Waals surface area contributed by atoms with Gasteiger partial charge in [-0.1, -0.05) is 60.7 Å². The van der Waals surface area contributed by atoms with Crippen LogP contribution in [0, 0.1) is 0 Å². The highest BCUT2D eigenvalue weighted by molar-refractivity contribution is 8.15. The number of nitrogens with two attached hydrogens (primary N) is 2. The highest BCUT2D eigenvalue weighted by Gasteiger charge is 2.45. The van der Waals surface area contributed by atoms with Crippen molar-refractivity contribution in [3.05, 3.63) is 96.1 Å². The van der Waals surface area contributed by atoms with Gasteiger partial charge in [0.15, 0.2) is 10.7 Å². The zero-order valence-corrected chi connectivity index (χ0v) is 24.9. The van der Waals surface area contributed by atoms with E-state index in [1.807, 2.05) is 0 Å². The molecule has 0 saturated carbocycles. The zero-order valence-electron chi connectivity index (χ0n) is 23.3. The predicted octanol–water partition coefficient (Wildman–Crippen LogP) is 2.71. The highest BCUT2D eigenvalue weighted by atomic mass is 32.2. The Labute approximate surface area is 261 Å². The molecule has 3 aromatic rings. The van der Waals surface area contributed by atoms with Crippen molar-refractivity contribution in [2.75, 3.05) is 22.9 Å². The summed E-state index contributed by atoms with van der Waals surface area (Å²) in [5, 5.41) is -2.80. The van der Waals surface area contributed by atoms with Crippen LogP contribution >= 0.6 is 23.5 Å². The lowest BCUT2D eigenvalue weighted by Gasteiger charge is -2.27. The molecule has 2 fully saturated rings. The molecule has 0 aromatic heterocycles. The molecule has 6 amide bonds. The summed E-state index contributed by atoms with van der Waals surface area (Å²) < 4.78 is 0. The maximum absolute atomic E-state index is 13.3. The largest absolute Gasteiger partial charge is 0.368 e. The van der Waals surface area contributed by atoms with Gasteiger partial charge in [-0.25, -0.2) is 0 Å². The van der Waals surface area contributed by atoms with Crippen LogP contribution in [-0.4, -0.2) is 67.7 Å². The van der Waals surface area contributed by atoms with Gasteiger partial charge in [0.1, 0.15) is 0 Å². The molecule has 12 nitrogen and oxygen atoms in total. The van der Waals surface area contributed by atoms with Gasteiger partial charge in [-0.2, -0.15) is 0 Å². The molecule has 0 spiro atoms. The summed E-state index contributed by atoms with van der Waals surface area (Å²) in [7, 11) is 0. The van der Waals surface area contributed by atoms with Gasteiger partial charge in [-0.05, 0) is 58.9 Å². The number of anilines is 2. The molecule has 3 aromatic carbocycles. The summed E-state index contributed by atoms with van der Waals surface area (Å²) in [6, 6.07) is 24.4. The van der Waals surface area contributed by atoms with Crippen LogP contribution in [0.2, 0.25) is 0 Å². The molecule has 0 bridgehead atoms. The Kier molecular flexibility index (Phi) is 9.20. The third kappa shape index (κ3) is 6.71. The lowest BCUT2D eigenvalue weighted by molar-refractivity contribution is -0.128. The number of carbonyl (C=O) groups is 6. The number of benzene rings is 3. The molecule has 2 unspecified atom stereocenters. The summed E-state index contributed by atoms with van der Waals surface area (Å²) in [5.74, 6) is -2.21. The summed E-state index contributed by atoms with van der Waals surface area (Å²) in [6.07, 6.45) is 0. The highest BCUT2D eigenvalue weighted by Crippen LogP contribution is 2.35. The summed E-state index contributed by atoms with van der Waals surface area (Å²) >= 11 is 1.63. The van der Waals surface area contributed by atoms with Gasteiger partial charge >= 0.3 is 0 Å². The van der Waals surface area contributed by atoms with Gasteiger partial charge in [-0.3, -0.25) is 38.6 Å². The lowest BCUT2D eigenvalue weighted by Crippen LogP contribution is -2.45. The van der Waals surface area contributed by atoms with E-state index >= 15 is 0 Å². The fourth-order valence-electron chi connectivity index (χ4n) is 4.85. The first-order chi connectivity index (χ1) is 21.1. The minimum atomic E-state index is -0.945. The first-order valence-corrected chi connectivity index (χ1v) is 15.2. The number of primary amides is 2. The number of hydrogen-bond acceptors (Lipinski definition) is 10. The number of thioether (sulfide) groups is 2. The quantitative estimate of drug-likeness (QED) is 0.303. The van der Waals surface area contributed by atoms with E-state index in [9.17, 15) is 28.8 Å². The fourth-order valence-corrected chi connectivity index (χ4v) is 6.90. The normalized spacial score (nSPS) is 18.2. The van der Waals surface area contributed by atoms with E-state index in [-0.39, 0.29) is 26.2 Å². The van der Waals surface area contributed by atoms with E-state index in [1.54, 1.807) is 84.9 Å². The van der Waals surface area contributed by atoms with Crippen LogP contribution in [0.25, 0.3) is 0 Å². The van der Waals surface area contributed by atoms with Crippen molar-refractivity contribution in [2.45, 2.75) is 23.8 Å². The monoisotopic (exact) mass is 632 g/mol. The van der Waals surface area contributed by atoms with E-state index in [2.05, 4.69) is 0 Å². The Bertz CT molecular complexity index is 1470. The Morgan fingerprint density at radius 1 is 0.591 bits per heavy atom. The molecular weight excluding hydrogens is 605 g/mol. The molecule has 2 atom stereocenters. The molecule has 0 aliphatic carbocycles. The second-order valence-electron chi connectivity index (χ2n) is 10.00. The number of hydrogen-bond donors (Lipinski definition) is 2. The van der Waals surface area contributed by atoms with Gasteiger partial charge < -0.3 is 21.3 Å². The number of rotatable bonds is 12. The van der Waals surface area contributed by atoms with Crippen LogP contribution in [0.1, 0.15) is 11.1 Å². The van der Waals surface area contributed by atoms with Crippen LogP contribution in [0.3, 0.4) is 0 Å². The van der Waals surface area contributed by atoms with Crippen molar-refractivity contribution < 1.29 is 28.8 Å². The van der Waals surface area contributed by atoms with Crippen molar-refractivity contribution in [2.24, 2.45) is 11.5 Å². The molecule has 226 valence electrons. The summed E-state index contributed by atoms with van der Waals surface area (Å²) in [4.78, 5) is 81.1. The van der Waals surface area contributed by atoms with E-state index in [1.165, 1.54) is 9.80 Å². The van der Waals surface area contributed by atoms with E-state index in [0.717, 1.165) is 33.3 Å². The maximum atomic E-state index is 13.3. The second-order valence-corrected chi connectivity index (χ2v) is 12.1. The van der Waals surface area contributed by atoms with Crippen molar-refractivity contribution >= 4 is 69.0 Å². The van der Waals surface area contributed by atoms with Crippen LogP contribution in [0.15, 0.2) is 84.9 Å². The van der Waals surface area contributed by atoms with Crippen molar-refractivity contribution in [3.63, 3.8) is 0 Å². The smallest absolute Gasteiger partial charge is 0.291 e. The molecule has 0 radical (unpaired) electrons. The Morgan fingerprint density at radius 3 is 1.25 bits per heavy atom. The molecule has 2 aliphatic rings. The topological polar surface area (TPSA) is 167 Å². The summed E-state index contributed by atoms with van der Waals surface area (Å²) in [5.41, 5.74) is 13.3. The minimum absolute atomic E-state index is 0.000692. The average Bonchev–Trinajstić information content (AvgIpc) is 3.45. The van der Waals surface area contributed by atoms with Gasteiger partial charge in [0.2, 0.25) is 11.8 Å². The first-order valence-electron chi connectivity index (χ1n) is 13.4. The number of nitrogens with zero attached hydrogens (tertiary/aromatic N) is 4. The van der Waals surface area contributed by atoms with E-state index < -0.39 is 44.9 Å². The van der Waals surface area contributed by atoms with Gasteiger partial charge in [0.25, 0.3) is 22.3 Å². The molecule has 2 heterocycles. The fraction of sp³-hybridized carbons (Fsp3) is 0.200. The lowest BCUT2D eigenvalue weighted by atomic mass is 10.1. The minimum Gasteiger partial charge on any atom is -0.368 e. The molecule has 2 aliphatic heterocycles. The average molecular weight is 633 g/mol. The number of carbonyl (C=O) groups excluding carboxylic acids is 6. The van der Waals surface area contributed by atoms with E-state index in [4.69, 9.17) is 11.5 Å². The first kappa shape index (κ1) is 30.6. The van der Waals surface area contributed by atoms with Gasteiger partial charge in [0, 0.05) is 11.4 Å². The molecule has 2 saturated heterocycles.